The molecule has 0 spiro atoms. The van der Waals surface area contributed by atoms with E-state index in [0.29, 0.717) is 46.9 Å². The van der Waals surface area contributed by atoms with Crippen LogP contribution >= 0.6 is 0 Å². The van der Waals surface area contributed by atoms with Crippen molar-refractivity contribution in [1.82, 2.24) is 29.1 Å². The van der Waals surface area contributed by atoms with Crippen LogP contribution in [0.4, 0.5) is 11.4 Å². The van der Waals surface area contributed by atoms with Crippen LogP contribution in [0.15, 0.2) is 151 Å². The van der Waals surface area contributed by atoms with E-state index in [1.54, 1.807) is 42.7 Å². The first-order valence-corrected chi connectivity index (χ1v) is 20.0. The topological polar surface area (TPSA) is 140 Å². The third kappa shape index (κ3) is 6.76. The van der Waals surface area contributed by atoms with Crippen LogP contribution in [0.2, 0.25) is 0 Å². The summed E-state index contributed by atoms with van der Waals surface area (Å²) in [5.41, 5.74) is 9.05. The molecular formula is C45H37N7O4S. The first kappa shape index (κ1) is 35.5. The van der Waals surface area contributed by atoms with Gasteiger partial charge in [-0.25, -0.2) is 22.4 Å². The Bertz CT molecular complexity index is 2970. The van der Waals surface area contributed by atoms with E-state index < -0.39 is 10.0 Å². The molecule has 0 unspecified atom stereocenters. The lowest BCUT2D eigenvalue weighted by Gasteiger charge is -2.13. The number of nitrogens with one attached hydrogen (secondary N) is 3. The van der Waals surface area contributed by atoms with Crippen molar-refractivity contribution in [3.8, 4) is 56.5 Å². The average Bonchev–Trinajstić information content (AvgIpc) is 4.00. The molecule has 0 amide bonds. The van der Waals surface area contributed by atoms with Crippen LogP contribution in [0.3, 0.4) is 0 Å². The molecule has 11 nitrogen and oxygen atoms in total. The number of benzene rings is 4. The van der Waals surface area contributed by atoms with Crippen molar-refractivity contribution in [3.05, 3.63) is 146 Å². The molecule has 282 valence electrons. The molecule has 12 heteroatoms. The smallest absolute Gasteiger partial charge is 0.269 e. The zero-order valence-electron chi connectivity index (χ0n) is 31.1. The van der Waals surface area contributed by atoms with Gasteiger partial charge in [0.1, 0.15) is 17.1 Å². The van der Waals surface area contributed by atoms with Gasteiger partial charge in [0.05, 0.1) is 47.1 Å². The molecular weight excluding hydrogens is 735 g/mol. The summed E-state index contributed by atoms with van der Waals surface area (Å²) in [5.74, 6) is 1.53. The number of pyridine rings is 2. The number of ether oxygens (including phenoxy) is 2. The highest BCUT2D eigenvalue weighted by Crippen LogP contribution is 2.38. The van der Waals surface area contributed by atoms with Gasteiger partial charge in [-0.1, -0.05) is 30.3 Å². The summed E-state index contributed by atoms with van der Waals surface area (Å²) in [7, 11) is -4.04. The van der Waals surface area contributed by atoms with Crippen molar-refractivity contribution in [2.75, 3.05) is 18.5 Å². The van der Waals surface area contributed by atoms with E-state index in [9.17, 15) is 8.42 Å². The van der Waals surface area contributed by atoms with Crippen LogP contribution in [0.25, 0.3) is 67.1 Å². The Morgan fingerprint density at radius 2 is 1.47 bits per heavy atom. The number of H-pyrrole nitrogens is 2. The largest absolute Gasteiger partial charge is 0.494 e. The highest BCUT2D eigenvalue weighted by atomic mass is 32.2. The van der Waals surface area contributed by atoms with Crippen molar-refractivity contribution in [2.45, 2.75) is 18.7 Å². The molecule has 9 rings (SSSR count). The molecule has 0 radical (unpaired) electrons. The van der Waals surface area contributed by atoms with Gasteiger partial charge in [-0.05, 0) is 128 Å². The minimum atomic E-state index is -4.04. The minimum Gasteiger partial charge on any atom is -0.494 e. The van der Waals surface area contributed by atoms with Crippen LogP contribution in [-0.4, -0.2) is 50.8 Å². The fourth-order valence-corrected chi connectivity index (χ4v) is 8.53. The zero-order chi connectivity index (χ0) is 38.9. The monoisotopic (exact) mass is 771 g/mol. The SMILES string of the molecule is CCOc1ccc(-c2cc3ccc(-c4cn[nH]c4-c4cccc(Nc5ccnc6c5cc(-c5ccc(OCC)cc5)n6S(=O)(=O)c5ccccc5)c4)nc3[nH]2)cc1. The zero-order valence-corrected chi connectivity index (χ0v) is 31.9. The molecule has 5 aromatic heterocycles. The van der Waals surface area contributed by atoms with Gasteiger partial charge >= 0.3 is 0 Å². The van der Waals surface area contributed by atoms with Gasteiger partial charge in [-0.2, -0.15) is 5.10 Å². The van der Waals surface area contributed by atoms with Crippen LogP contribution < -0.4 is 14.8 Å². The normalized spacial score (nSPS) is 11.6. The summed E-state index contributed by atoms with van der Waals surface area (Å²) >= 11 is 0. The number of hydrogen-bond acceptors (Lipinski definition) is 8. The molecule has 0 saturated carbocycles. The van der Waals surface area contributed by atoms with Crippen molar-refractivity contribution in [2.24, 2.45) is 0 Å². The third-order valence-corrected chi connectivity index (χ3v) is 11.4. The number of aromatic amines is 2. The van der Waals surface area contributed by atoms with Crippen LogP contribution in [0, 0.1) is 0 Å². The maximum absolute atomic E-state index is 14.3. The van der Waals surface area contributed by atoms with Gasteiger partial charge in [0.25, 0.3) is 10.0 Å². The van der Waals surface area contributed by atoms with Gasteiger partial charge in [-0.3, -0.25) is 5.10 Å². The lowest BCUT2D eigenvalue weighted by atomic mass is 10.0. The maximum Gasteiger partial charge on any atom is 0.269 e. The summed E-state index contributed by atoms with van der Waals surface area (Å²) in [4.78, 5) is 13.2. The molecule has 0 aliphatic rings. The average molecular weight is 772 g/mol. The lowest BCUT2D eigenvalue weighted by molar-refractivity contribution is 0.340. The molecule has 9 aromatic rings. The first-order valence-electron chi connectivity index (χ1n) is 18.6. The molecule has 3 N–H and O–H groups in total. The Hall–Kier alpha value is -7.18. The van der Waals surface area contributed by atoms with Crippen LogP contribution in [0.1, 0.15) is 13.8 Å². The summed E-state index contributed by atoms with van der Waals surface area (Å²) in [6.07, 6.45) is 3.40. The summed E-state index contributed by atoms with van der Waals surface area (Å²) in [5, 5.41) is 12.8. The summed E-state index contributed by atoms with van der Waals surface area (Å²) in [6.45, 7) is 5.03. The standard InChI is InChI=1S/C45H37N7O4S/c1-3-55-34-18-13-29(14-19-34)41-26-32-17-22-39(49-44(32)50-41)38-28-47-51-43(38)31-9-8-10-33(25-31)48-40-23-24-46-45-37(40)27-42(30-15-20-35(21-16-30)56-4-2)52(45)57(53,54)36-11-6-5-7-12-36/h5-28H,3-4H2,1-2H3,(H,46,48)(H,47,51)(H,49,50). The van der Waals surface area contributed by atoms with Crippen molar-refractivity contribution in [3.63, 3.8) is 0 Å². The fourth-order valence-electron chi connectivity index (χ4n) is 7.03. The summed E-state index contributed by atoms with van der Waals surface area (Å²) < 4.78 is 41.2. The van der Waals surface area contributed by atoms with Gasteiger partial charge in [-0.15, -0.1) is 0 Å². The highest BCUT2D eigenvalue weighted by molar-refractivity contribution is 7.90. The number of hydrogen-bond donors (Lipinski definition) is 3. The van der Waals surface area contributed by atoms with E-state index in [-0.39, 0.29) is 4.90 Å². The Balaban J connectivity index is 1.06. The molecule has 0 aliphatic carbocycles. The molecule has 0 aliphatic heterocycles. The second kappa shape index (κ2) is 14.8. The minimum absolute atomic E-state index is 0.163. The molecule has 0 fully saturated rings. The van der Waals surface area contributed by atoms with Crippen molar-refractivity contribution in [1.29, 1.82) is 0 Å². The Morgan fingerprint density at radius 3 is 2.21 bits per heavy atom. The Kier molecular flexibility index (Phi) is 9.23. The predicted octanol–water partition coefficient (Wildman–Crippen LogP) is 10.1. The number of fused-ring (bicyclic) bond motifs is 2. The van der Waals surface area contributed by atoms with Crippen LogP contribution in [0.5, 0.6) is 11.5 Å². The lowest BCUT2D eigenvalue weighted by Crippen LogP contribution is -2.14. The molecule has 0 saturated heterocycles. The molecule has 0 atom stereocenters. The summed E-state index contributed by atoms with van der Waals surface area (Å²) in [6, 6.07) is 41.6. The van der Waals surface area contributed by atoms with Gasteiger partial charge in [0.15, 0.2) is 5.65 Å². The van der Waals surface area contributed by atoms with Crippen LogP contribution in [-0.2, 0) is 10.0 Å². The molecule has 4 aromatic carbocycles. The number of anilines is 2. The van der Waals surface area contributed by atoms with Gasteiger partial charge < -0.3 is 19.8 Å². The van der Waals surface area contributed by atoms with E-state index in [0.717, 1.165) is 56.2 Å². The second-order valence-corrected chi connectivity index (χ2v) is 15.1. The number of aromatic nitrogens is 6. The molecule has 57 heavy (non-hydrogen) atoms. The van der Waals surface area contributed by atoms with E-state index in [1.807, 2.05) is 105 Å². The third-order valence-electron chi connectivity index (χ3n) is 9.71. The predicted molar refractivity (Wildman–Crippen MR) is 224 cm³/mol. The fraction of sp³-hybridized carbons (Fsp3) is 0.0889. The second-order valence-electron chi connectivity index (χ2n) is 13.3. The highest BCUT2D eigenvalue weighted by Gasteiger charge is 2.26. The Labute approximate surface area is 329 Å². The van der Waals surface area contributed by atoms with Crippen molar-refractivity contribution < 1.29 is 17.9 Å². The quantitative estimate of drug-likeness (QED) is 0.112. The molecule has 0 bridgehead atoms. The van der Waals surface area contributed by atoms with Gasteiger partial charge in [0, 0.05) is 39.5 Å². The number of nitrogens with zero attached hydrogens (tertiary/aromatic N) is 4. The van der Waals surface area contributed by atoms with E-state index in [2.05, 4.69) is 37.6 Å². The van der Waals surface area contributed by atoms with E-state index in [4.69, 9.17) is 14.5 Å². The van der Waals surface area contributed by atoms with Crippen molar-refractivity contribution >= 4 is 43.5 Å². The van der Waals surface area contributed by atoms with Gasteiger partial charge in [0.2, 0.25) is 0 Å². The first-order chi connectivity index (χ1) is 27.9. The Morgan fingerprint density at radius 1 is 0.737 bits per heavy atom. The molecule has 5 heterocycles. The van der Waals surface area contributed by atoms with E-state index >= 15 is 0 Å². The number of rotatable bonds is 12. The maximum atomic E-state index is 14.3. The van der Waals surface area contributed by atoms with E-state index in [1.165, 1.54) is 3.97 Å².